The number of methoxy groups -OCH3 is 1. The zero-order valence-electron chi connectivity index (χ0n) is 12.8. The smallest absolute Gasteiger partial charge is 0.164 e. The molecule has 1 saturated heterocycles. The lowest BCUT2D eigenvalue weighted by molar-refractivity contribution is 0.138. The van der Waals surface area contributed by atoms with Gasteiger partial charge in [0, 0.05) is 23.9 Å². The van der Waals surface area contributed by atoms with Gasteiger partial charge >= 0.3 is 0 Å². The Morgan fingerprint density at radius 2 is 2.14 bits per heavy atom. The van der Waals surface area contributed by atoms with E-state index in [0.717, 1.165) is 37.4 Å². The summed E-state index contributed by atoms with van der Waals surface area (Å²) < 4.78 is 17.2. The normalized spacial score (nSPS) is 24.2. The van der Waals surface area contributed by atoms with Crippen molar-refractivity contribution in [1.82, 2.24) is 0 Å². The second-order valence-corrected chi connectivity index (χ2v) is 6.13. The van der Waals surface area contributed by atoms with E-state index in [4.69, 9.17) is 19.9 Å². The van der Waals surface area contributed by atoms with Crippen LogP contribution in [0.4, 0.5) is 0 Å². The highest BCUT2D eigenvalue weighted by Gasteiger charge is 2.37. The summed E-state index contributed by atoms with van der Waals surface area (Å²) in [5.41, 5.74) is 7.38. The molecule has 0 aromatic heterocycles. The molecule has 1 aromatic carbocycles. The molecule has 3 rings (SSSR count). The zero-order valence-corrected chi connectivity index (χ0v) is 12.8. The zero-order chi connectivity index (χ0) is 14.7. The summed E-state index contributed by atoms with van der Waals surface area (Å²) >= 11 is 0. The number of para-hydroxylation sites is 1. The Balaban J connectivity index is 1.93. The summed E-state index contributed by atoms with van der Waals surface area (Å²) in [5.74, 6) is 1.68. The van der Waals surface area contributed by atoms with Gasteiger partial charge in [-0.05, 0) is 18.9 Å². The van der Waals surface area contributed by atoms with Crippen LogP contribution in [0.2, 0.25) is 0 Å². The van der Waals surface area contributed by atoms with E-state index in [1.165, 1.54) is 18.4 Å². The van der Waals surface area contributed by atoms with Crippen molar-refractivity contribution in [2.45, 2.75) is 43.6 Å². The third kappa shape index (κ3) is 2.74. The molecule has 116 valence electrons. The minimum Gasteiger partial charge on any atom is -0.493 e. The van der Waals surface area contributed by atoms with Crippen LogP contribution in [0, 0.1) is 0 Å². The Kier molecular flexibility index (Phi) is 4.36. The van der Waals surface area contributed by atoms with Crippen LogP contribution >= 0.6 is 0 Å². The fraction of sp³-hybridized carbons (Fsp3) is 0.647. The van der Waals surface area contributed by atoms with Crippen molar-refractivity contribution in [3.8, 4) is 11.5 Å². The SMILES string of the molecule is COc1c(OC2CCOC2)cccc1C1(CN)CCCC1. The molecule has 1 heterocycles. The minimum atomic E-state index is 0.0525. The Morgan fingerprint density at radius 1 is 1.33 bits per heavy atom. The van der Waals surface area contributed by atoms with Crippen LogP contribution in [-0.2, 0) is 10.2 Å². The molecular formula is C17H25NO3. The van der Waals surface area contributed by atoms with Gasteiger partial charge in [-0.25, -0.2) is 0 Å². The van der Waals surface area contributed by atoms with Crippen LogP contribution in [0.25, 0.3) is 0 Å². The lowest BCUT2D eigenvalue weighted by Crippen LogP contribution is -2.32. The van der Waals surface area contributed by atoms with Crippen LogP contribution < -0.4 is 15.2 Å². The van der Waals surface area contributed by atoms with Gasteiger partial charge in [-0.15, -0.1) is 0 Å². The second-order valence-electron chi connectivity index (χ2n) is 6.13. The number of ether oxygens (including phenoxy) is 3. The predicted octanol–water partition coefficient (Wildman–Crippen LogP) is 2.63. The van der Waals surface area contributed by atoms with Gasteiger partial charge in [-0.3, -0.25) is 0 Å². The molecule has 2 fully saturated rings. The molecule has 0 radical (unpaired) electrons. The molecule has 0 amide bonds. The number of hydrogen-bond donors (Lipinski definition) is 1. The molecule has 2 aliphatic rings. The highest BCUT2D eigenvalue weighted by atomic mass is 16.6. The highest BCUT2D eigenvalue weighted by Crippen LogP contribution is 2.47. The molecule has 1 unspecified atom stereocenters. The number of nitrogens with two attached hydrogens (primary N) is 1. The van der Waals surface area contributed by atoms with Crippen LogP contribution in [0.15, 0.2) is 18.2 Å². The first kappa shape index (κ1) is 14.7. The summed E-state index contributed by atoms with van der Waals surface area (Å²) in [5, 5.41) is 0. The maximum atomic E-state index is 6.12. The minimum absolute atomic E-state index is 0.0525. The first-order valence-corrected chi connectivity index (χ1v) is 7.91. The van der Waals surface area contributed by atoms with Crippen molar-refractivity contribution in [1.29, 1.82) is 0 Å². The highest BCUT2D eigenvalue weighted by molar-refractivity contribution is 5.51. The van der Waals surface area contributed by atoms with Crippen LogP contribution in [-0.4, -0.2) is 33.0 Å². The maximum Gasteiger partial charge on any atom is 0.164 e. The number of benzene rings is 1. The molecule has 1 aromatic rings. The van der Waals surface area contributed by atoms with Gasteiger partial charge in [-0.1, -0.05) is 25.0 Å². The van der Waals surface area contributed by atoms with Crippen molar-refractivity contribution in [3.05, 3.63) is 23.8 Å². The quantitative estimate of drug-likeness (QED) is 0.906. The summed E-state index contributed by atoms with van der Waals surface area (Å²) in [6, 6.07) is 6.19. The van der Waals surface area contributed by atoms with Crippen molar-refractivity contribution >= 4 is 0 Å². The average Bonchev–Trinajstić information content (AvgIpc) is 3.19. The summed E-state index contributed by atoms with van der Waals surface area (Å²) in [4.78, 5) is 0. The molecule has 1 atom stereocenters. The average molecular weight is 291 g/mol. The van der Waals surface area contributed by atoms with Crippen LogP contribution in [0.1, 0.15) is 37.7 Å². The first-order chi connectivity index (χ1) is 10.3. The molecule has 0 spiro atoms. The molecule has 1 aliphatic carbocycles. The predicted molar refractivity (Wildman–Crippen MR) is 82.0 cm³/mol. The molecular weight excluding hydrogens is 266 g/mol. The standard InChI is InChI=1S/C17H25NO3/c1-19-16-14(17(12-18)8-2-3-9-17)5-4-6-15(16)21-13-7-10-20-11-13/h4-6,13H,2-3,7-12,18H2,1H3. The lowest BCUT2D eigenvalue weighted by atomic mass is 9.78. The van der Waals surface area contributed by atoms with Gasteiger partial charge in [0.05, 0.1) is 20.3 Å². The largest absolute Gasteiger partial charge is 0.493 e. The van der Waals surface area contributed by atoms with Crippen molar-refractivity contribution in [3.63, 3.8) is 0 Å². The summed E-state index contributed by atoms with van der Waals surface area (Å²) in [6.07, 6.45) is 5.82. The first-order valence-electron chi connectivity index (χ1n) is 7.91. The molecule has 1 aliphatic heterocycles. The van der Waals surface area contributed by atoms with Gasteiger partial charge in [0.15, 0.2) is 11.5 Å². The second kappa shape index (κ2) is 6.24. The Labute approximate surface area is 126 Å². The molecule has 21 heavy (non-hydrogen) atoms. The van der Waals surface area contributed by atoms with E-state index < -0.39 is 0 Å². The molecule has 2 N–H and O–H groups in total. The van der Waals surface area contributed by atoms with E-state index in [1.807, 2.05) is 6.07 Å². The third-order valence-electron chi connectivity index (χ3n) is 4.89. The van der Waals surface area contributed by atoms with E-state index in [2.05, 4.69) is 12.1 Å². The topological polar surface area (TPSA) is 53.7 Å². The van der Waals surface area contributed by atoms with Crippen LogP contribution in [0.5, 0.6) is 11.5 Å². The van der Waals surface area contributed by atoms with Gasteiger partial charge in [0.25, 0.3) is 0 Å². The Bertz CT molecular complexity index is 477. The van der Waals surface area contributed by atoms with Gasteiger partial charge in [0.2, 0.25) is 0 Å². The molecule has 4 heteroatoms. The van der Waals surface area contributed by atoms with E-state index in [0.29, 0.717) is 13.2 Å². The van der Waals surface area contributed by atoms with Crippen molar-refractivity contribution in [2.75, 3.05) is 26.9 Å². The number of hydrogen-bond acceptors (Lipinski definition) is 4. The number of rotatable bonds is 5. The lowest BCUT2D eigenvalue weighted by Gasteiger charge is -2.30. The van der Waals surface area contributed by atoms with Crippen molar-refractivity contribution < 1.29 is 14.2 Å². The summed E-state index contributed by atoms with van der Waals surface area (Å²) in [7, 11) is 1.72. The third-order valence-corrected chi connectivity index (χ3v) is 4.89. The van der Waals surface area contributed by atoms with Gasteiger partial charge in [0.1, 0.15) is 6.10 Å². The molecule has 0 bridgehead atoms. The van der Waals surface area contributed by atoms with Crippen molar-refractivity contribution in [2.24, 2.45) is 5.73 Å². The maximum absolute atomic E-state index is 6.12. The van der Waals surface area contributed by atoms with Gasteiger partial charge < -0.3 is 19.9 Å². The fourth-order valence-corrected chi connectivity index (χ4v) is 3.66. The van der Waals surface area contributed by atoms with E-state index in [1.54, 1.807) is 7.11 Å². The van der Waals surface area contributed by atoms with E-state index in [-0.39, 0.29) is 11.5 Å². The monoisotopic (exact) mass is 291 g/mol. The fourth-order valence-electron chi connectivity index (χ4n) is 3.66. The summed E-state index contributed by atoms with van der Waals surface area (Å²) in [6.45, 7) is 2.11. The van der Waals surface area contributed by atoms with E-state index >= 15 is 0 Å². The van der Waals surface area contributed by atoms with Crippen LogP contribution in [0.3, 0.4) is 0 Å². The van der Waals surface area contributed by atoms with E-state index in [9.17, 15) is 0 Å². The Morgan fingerprint density at radius 3 is 2.76 bits per heavy atom. The van der Waals surface area contributed by atoms with Gasteiger partial charge in [-0.2, -0.15) is 0 Å². The molecule has 1 saturated carbocycles. The Hall–Kier alpha value is -1.26. The molecule has 4 nitrogen and oxygen atoms in total.